The summed E-state index contributed by atoms with van der Waals surface area (Å²) in [6, 6.07) is 6.26. The number of anilines is 1. The van der Waals surface area contributed by atoms with Gasteiger partial charge in [0.15, 0.2) is 5.82 Å². The van der Waals surface area contributed by atoms with Crippen LogP contribution in [0.4, 0.5) is 19.0 Å². The molecule has 2 bridgehead atoms. The lowest BCUT2D eigenvalue weighted by Gasteiger charge is -2.43. The summed E-state index contributed by atoms with van der Waals surface area (Å²) < 4.78 is 53.1. The molecule has 0 saturated carbocycles. The van der Waals surface area contributed by atoms with E-state index in [9.17, 15) is 9.50 Å². The van der Waals surface area contributed by atoms with E-state index in [4.69, 9.17) is 26.1 Å². The predicted molar refractivity (Wildman–Crippen MR) is 172 cm³/mol. The highest BCUT2D eigenvalue weighted by Gasteiger charge is 2.50. The number of aromatic hydroxyl groups is 1. The maximum Gasteiger partial charge on any atom is 0.319 e. The second kappa shape index (κ2) is 10.4. The first-order valence-corrected chi connectivity index (χ1v) is 16.6. The van der Waals surface area contributed by atoms with E-state index in [1.807, 2.05) is 0 Å². The summed E-state index contributed by atoms with van der Waals surface area (Å²) in [6.45, 7) is 4.31. The van der Waals surface area contributed by atoms with E-state index in [2.05, 4.69) is 28.0 Å². The fraction of sp³-hybridized carbons (Fsp3) is 0.472. The molecule has 9 rings (SSSR count). The lowest BCUT2D eigenvalue weighted by atomic mass is 9.89. The van der Waals surface area contributed by atoms with Crippen molar-refractivity contribution in [3.8, 4) is 35.4 Å². The van der Waals surface area contributed by atoms with Gasteiger partial charge in [0.25, 0.3) is 0 Å². The van der Waals surface area contributed by atoms with E-state index in [0.29, 0.717) is 48.2 Å². The Kier molecular flexibility index (Phi) is 6.44. The molecule has 2 aromatic heterocycles. The molecular formula is C36H35F3N6O2. The monoisotopic (exact) mass is 640 g/mol. The normalized spacial score (nSPS) is 29.6. The molecule has 4 saturated heterocycles. The molecule has 4 fully saturated rings. The van der Waals surface area contributed by atoms with Crippen LogP contribution in [0.1, 0.15) is 50.3 Å². The average molecular weight is 641 g/mol. The number of terminal acetylenes is 1. The zero-order chi connectivity index (χ0) is 32.2. The Bertz CT molecular complexity index is 2020. The summed E-state index contributed by atoms with van der Waals surface area (Å²) in [7, 11) is 0. The summed E-state index contributed by atoms with van der Waals surface area (Å²) in [5.74, 6) is 1.66. The standard InChI is InChI=1S/C36H35F3N6O2/c1-3-23-25(38)7-5-19-12-22(46)13-24(28(19)23)31-30(39)32-29-27(41-31)11-18(2)33-26-8-6-21(40-26)16-45(33)34(29)43-35(42-32)47-17-36-9-4-10-44(36)15-20(37)14-36/h1,5,7,12-13,18,20-21,26,33,40,46H,4,6,8-11,14-17H2,2H3/t18-,20+,21+,26-,33-,36-/m0/s1. The molecule has 4 aromatic rings. The quantitative estimate of drug-likeness (QED) is 0.292. The molecule has 242 valence electrons. The number of hydrogen-bond acceptors (Lipinski definition) is 8. The van der Waals surface area contributed by atoms with E-state index in [1.165, 1.54) is 24.3 Å². The highest BCUT2D eigenvalue weighted by atomic mass is 19.1. The Balaban J connectivity index is 1.26. The lowest BCUT2D eigenvalue weighted by molar-refractivity contribution is 0.107. The largest absolute Gasteiger partial charge is 0.508 e. The molecule has 47 heavy (non-hydrogen) atoms. The van der Waals surface area contributed by atoms with Crippen molar-refractivity contribution in [3.05, 3.63) is 47.2 Å². The molecule has 8 nitrogen and oxygen atoms in total. The predicted octanol–water partition coefficient (Wildman–Crippen LogP) is 5.27. The first-order chi connectivity index (χ1) is 22.7. The number of nitrogens with zero attached hydrogens (tertiary/aromatic N) is 5. The van der Waals surface area contributed by atoms with Crippen LogP contribution < -0.4 is 15.0 Å². The topological polar surface area (TPSA) is 86.6 Å². The second-order valence-corrected chi connectivity index (χ2v) is 14.2. The number of hydrogen-bond donors (Lipinski definition) is 2. The minimum atomic E-state index is -0.914. The van der Waals surface area contributed by atoms with Gasteiger partial charge in [-0.3, -0.25) is 4.90 Å². The average Bonchev–Trinajstić information content (AvgIpc) is 3.69. The van der Waals surface area contributed by atoms with Gasteiger partial charge in [0.2, 0.25) is 0 Å². The van der Waals surface area contributed by atoms with Crippen LogP contribution in [0.25, 0.3) is 32.9 Å². The summed E-state index contributed by atoms with van der Waals surface area (Å²) in [6.07, 6.45) is 9.65. The number of fused-ring (bicyclic) bond motifs is 7. The number of phenols is 1. The van der Waals surface area contributed by atoms with Crippen molar-refractivity contribution >= 4 is 27.5 Å². The molecule has 5 aliphatic heterocycles. The zero-order valence-electron chi connectivity index (χ0n) is 26.1. The molecule has 0 spiro atoms. The van der Waals surface area contributed by atoms with E-state index in [-0.39, 0.29) is 70.1 Å². The fourth-order valence-corrected chi connectivity index (χ4v) is 9.40. The van der Waals surface area contributed by atoms with Gasteiger partial charge in [-0.2, -0.15) is 9.97 Å². The van der Waals surface area contributed by atoms with Gasteiger partial charge in [-0.05, 0) is 68.2 Å². The fourth-order valence-electron chi connectivity index (χ4n) is 9.40. The van der Waals surface area contributed by atoms with E-state index >= 15 is 8.78 Å². The van der Waals surface area contributed by atoms with Crippen molar-refractivity contribution < 1.29 is 23.0 Å². The molecule has 0 amide bonds. The minimum Gasteiger partial charge on any atom is -0.508 e. The molecule has 5 aliphatic rings. The Labute approximate surface area is 270 Å². The van der Waals surface area contributed by atoms with E-state index in [0.717, 1.165) is 32.2 Å². The summed E-state index contributed by atoms with van der Waals surface area (Å²) in [5.41, 5.74) is 0.320. The van der Waals surface area contributed by atoms with Gasteiger partial charge in [-0.25, -0.2) is 18.2 Å². The molecule has 0 radical (unpaired) electrons. The van der Waals surface area contributed by atoms with Crippen LogP contribution in [0.15, 0.2) is 24.3 Å². The Morgan fingerprint density at radius 3 is 2.87 bits per heavy atom. The maximum atomic E-state index is 17.2. The van der Waals surface area contributed by atoms with Crippen molar-refractivity contribution in [2.45, 2.75) is 75.3 Å². The molecule has 2 N–H and O–H groups in total. The lowest BCUT2D eigenvalue weighted by Crippen LogP contribution is -2.60. The van der Waals surface area contributed by atoms with Crippen LogP contribution in [-0.2, 0) is 6.42 Å². The molecule has 11 heteroatoms. The Morgan fingerprint density at radius 1 is 1.15 bits per heavy atom. The van der Waals surface area contributed by atoms with Crippen molar-refractivity contribution in [1.82, 2.24) is 25.2 Å². The smallest absolute Gasteiger partial charge is 0.319 e. The van der Waals surface area contributed by atoms with Crippen LogP contribution in [0, 0.1) is 29.9 Å². The number of rotatable bonds is 4. The molecule has 6 atom stereocenters. The number of aromatic nitrogens is 3. The van der Waals surface area contributed by atoms with E-state index in [1.54, 1.807) is 0 Å². The van der Waals surface area contributed by atoms with Crippen molar-refractivity contribution in [1.29, 1.82) is 0 Å². The van der Waals surface area contributed by atoms with Crippen LogP contribution in [0.2, 0.25) is 0 Å². The number of alkyl halides is 1. The van der Waals surface area contributed by atoms with Gasteiger partial charge in [0.05, 0.1) is 22.2 Å². The van der Waals surface area contributed by atoms with Gasteiger partial charge in [0, 0.05) is 48.6 Å². The van der Waals surface area contributed by atoms with Crippen LogP contribution in [-0.4, -0.2) is 81.0 Å². The minimum absolute atomic E-state index is 0.0345. The maximum absolute atomic E-state index is 17.2. The second-order valence-electron chi connectivity index (χ2n) is 14.2. The van der Waals surface area contributed by atoms with Crippen LogP contribution >= 0.6 is 0 Å². The molecule has 0 aliphatic carbocycles. The molecule has 7 heterocycles. The number of benzene rings is 2. The van der Waals surface area contributed by atoms with Gasteiger partial charge in [0.1, 0.15) is 41.4 Å². The molecule has 2 aromatic carbocycles. The van der Waals surface area contributed by atoms with Gasteiger partial charge < -0.3 is 20.1 Å². The Hall–Kier alpha value is -4.14. The number of phenolic OH excluding ortho intramolecular Hbond substituents is 1. The number of piperazine rings is 1. The zero-order valence-corrected chi connectivity index (χ0v) is 26.1. The number of halogens is 3. The third-order valence-electron chi connectivity index (χ3n) is 11.3. The third-order valence-corrected chi connectivity index (χ3v) is 11.3. The van der Waals surface area contributed by atoms with Gasteiger partial charge in [-0.1, -0.05) is 18.9 Å². The van der Waals surface area contributed by atoms with Crippen LogP contribution in [0.3, 0.4) is 0 Å². The number of ether oxygens (including phenoxy) is 1. The summed E-state index contributed by atoms with van der Waals surface area (Å²) in [5, 5.41) is 15.8. The van der Waals surface area contributed by atoms with Crippen molar-refractivity contribution in [2.75, 3.05) is 31.1 Å². The first kappa shape index (κ1) is 29.0. The molecular weight excluding hydrogens is 605 g/mol. The van der Waals surface area contributed by atoms with Crippen molar-refractivity contribution in [2.24, 2.45) is 5.92 Å². The number of nitrogens with one attached hydrogen (secondary N) is 1. The SMILES string of the molecule is C#Cc1c(F)ccc2cc(O)cc(-c3nc4c5c(nc(OC[C@@]67CCCN6C[C@H](F)C7)nc5c3F)N3C[C@H]5CC[C@H](N5)[C@@H]3[C@@H](C)C4)c12. The third kappa shape index (κ3) is 4.34. The molecule has 0 unspecified atom stereocenters. The van der Waals surface area contributed by atoms with Crippen molar-refractivity contribution in [3.63, 3.8) is 0 Å². The van der Waals surface area contributed by atoms with E-state index < -0.39 is 23.3 Å². The van der Waals surface area contributed by atoms with Crippen LogP contribution in [0.5, 0.6) is 11.8 Å². The summed E-state index contributed by atoms with van der Waals surface area (Å²) >= 11 is 0. The highest BCUT2D eigenvalue weighted by Crippen LogP contribution is 2.45. The highest BCUT2D eigenvalue weighted by molar-refractivity contribution is 6.03. The summed E-state index contributed by atoms with van der Waals surface area (Å²) in [4.78, 5) is 19.0. The van der Waals surface area contributed by atoms with Gasteiger partial charge in [-0.15, -0.1) is 6.42 Å². The van der Waals surface area contributed by atoms with Gasteiger partial charge >= 0.3 is 6.01 Å². The Morgan fingerprint density at radius 2 is 2.02 bits per heavy atom. The number of pyridine rings is 1. The first-order valence-electron chi connectivity index (χ1n) is 16.6.